The van der Waals surface area contributed by atoms with Gasteiger partial charge in [0.05, 0.1) is 0 Å². The maximum atomic E-state index is 4.00. The van der Waals surface area contributed by atoms with Crippen LogP contribution in [0.15, 0.2) is 18.7 Å². The number of aromatic nitrogens is 2. The summed E-state index contributed by atoms with van der Waals surface area (Å²) >= 11 is 0. The van der Waals surface area contributed by atoms with Crippen molar-refractivity contribution < 1.29 is 0 Å². The molecule has 17 heavy (non-hydrogen) atoms. The van der Waals surface area contributed by atoms with Crippen molar-refractivity contribution in [3.05, 3.63) is 24.3 Å². The van der Waals surface area contributed by atoms with Gasteiger partial charge in [-0.15, -0.1) is 0 Å². The van der Waals surface area contributed by atoms with E-state index < -0.39 is 0 Å². The summed E-state index contributed by atoms with van der Waals surface area (Å²) in [4.78, 5) is 10.3. The van der Waals surface area contributed by atoms with Crippen molar-refractivity contribution in [3.63, 3.8) is 0 Å². The Morgan fingerprint density at radius 2 is 1.88 bits per heavy atom. The topological polar surface area (TPSA) is 41.1 Å². The third-order valence-corrected chi connectivity index (χ3v) is 2.80. The molecule has 0 radical (unpaired) electrons. The molecule has 4 heteroatoms. The summed E-state index contributed by atoms with van der Waals surface area (Å²) in [6, 6.07) is 0.583. The molecular weight excluding hydrogens is 212 g/mol. The third kappa shape index (κ3) is 5.75. The van der Waals surface area contributed by atoms with Gasteiger partial charge in [0.2, 0.25) is 0 Å². The van der Waals surface area contributed by atoms with Crippen LogP contribution < -0.4 is 5.32 Å². The van der Waals surface area contributed by atoms with Crippen molar-refractivity contribution >= 4 is 0 Å². The van der Waals surface area contributed by atoms with Crippen molar-refractivity contribution in [2.45, 2.75) is 32.9 Å². The van der Waals surface area contributed by atoms with Crippen LogP contribution in [0.5, 0.6) is 0 Å². The summed E-state index contributed by atoms with van der Waals surface area (Å²) in [5, 5.41) is 3.47. The van der Waals surface area contributed by atoms with Crippen LogP contribution in [0.2, 0.25) is 0 Å². The number of likely N-dealkylation sites (N-methyl/N-ethyl adjacent to an activating group) is 1. The van der Waals surface area contributed by atoms with Gasteiger partial charge in [-0.1, -0.05) is 13.8 Å². The summed E-state index contributed by atoms with van der Waals surface area (Å²) < 4.78 is 0. The van der Waals surface area contributed by atoms with Gasteiger partial charge >= 0.3 is 0 Å². The number of nitrogens with one attached hydrogen (secondary N) is 1. The molecular formula is C13H24N4. The van der Waals surface area contributed by atoms with Crippen LogP contribution in [0.4, 0.5) is 0 Å². The van der Waals surface area contributed by atoms with E-state index in [0.29, 0.717) is 6.04 Å². The van der Waals surface area contributed by atoms with E-state index in [1.54, 1.807) is 6.33 Å². The van der Waals surface area contributed by atoms with E-state index in [0.717, 1.165) is 24.6 Å². The molecule has 0 saturated carbocycles. The van der Waals surface area contributed by atoms with Gasteiger partial charge in [-0.25, -0.2) is 9.97 Å². The Bertz CT molecular complexity index is 298. The molecule has 0 spiro atoms. The van der Waals surface area contributed by atoms with Crippen LogP contribution in [0, 0.1) is 5.92 Å². The molecule has 96 valence electrons. The Hall–Kier alpha value is -1.00. The van der Waals surface area contributed by atoms with E-state index in [-0.39, 0.29) is 0 Å². The van der Waals surface area contributed by atoms with Gasteiger partial charge < -0.3 is 10.2 Å². The Morgan fingerprint density at radius 1 is 1.24 bits per heavy atom. The lowest BCUT2D eigenvalue weighted by Crippen LogP contribution is -2.38. The standard InChI is InChI=1S/C13H24N4/c1-11(2)5-13(17(3)4)9-14-6-12-7-15-10-16-8-12/h7-8,10-11,13-14H,5-6,9H2,1-4H3. The fraction of sp³-hybridized carbons (Fsp3) is 0.692. The maximum Gasteiger partial charge on any atom is 0.115 e. The average Bonchev–Trinajstić information content (AvgIpc) is 2.28. The van der Waals surface area contributed by atoms with Gasteiger partial charge in [0, 0.05) is 37.1 Å². The van der Waals surface area contributed by atoms with Gasteiger partial charge in [-0.2, -0.15) is 0 Å². The van der Waals surface area contributed by atoms with Crippen molar-refractivity contribution in [1.82, 2.24) is 20.2 Å². The minimum absolute atomic E-state index is 0.583. The zero-order chi connectivity index (χ0) is 12.7. The molecule has 0 amide bonds. The lowest BCUT2D eigenvalue weighted by atomic mass is 10.0. The Balaban J connectivity index is 2.32. The lowest BCUT2D eigenvalue weighted by Gasteiger charge is -2.26. The summed E-state index contributed by atoms with van der Waals surface area (Å²) in [5.41, 5.74) is 1.13. The monoisotopic (exact) mass is 236 g/mol. The Labute approximate surface area is 104 Å². The van der Waals surface area contributed by atoms with Gasteiger partial charge in [0.15, 0.2) is 0 Å². The Morgan fingerprint density at radius 3 is 2.41 bits per heavy atom. The largest absolute Gasteiger partial charge is 0.311 e. The molecule has 0 saturated heterocycles. The SMILES string of the molecule is CC(C)CC(CNCc1cncnc1)N(C)C. The van der Waals surface area contributed by atoms with E-state index >= 15 is 0 Å². The smallest absolute Gasteiger partial charge is 0.115 e. The predicted molar refractivity (Wildman–Crippen MR) is 70.7 cm³/mol. The average molecular weight is 236 g/mol. The fourth-order valence-electron chi connectivity index (χ4n) is 1.83. The first kappa shape index (κ1) is 14.1. The molecule has 0 aliphatic carbocycles. The second kappa shape index (κ2) is 7.35. The van der Waals surface area contributed by atoms with Crippen molar-refractivity contribution in [2.75, 3.05) is 20.6 Å². The lowest BCUT2D eigenvalue weighted by molar-refractivity contribution is 0.246. The molecule has 1 aromatic heterocycles. The van der Waals surface area contributed by atoms with Crippen LogP contribution in [-0.4, -0.2) is 41.5 Å². The van der Waals surface area contributed by atoms with E-state index in [1.165, 1.54) is 6.42 Å². The number of hydrogen-bond acceptors (Lipinski definition) is 4. The first-order valence-corrected chi connectivity index (χ1v) is 6.20. The van der Waals surface area contributed by atoms with E-state index in [4.69, 9.17) is 0 Å². The molecule has 1 heterocycles. The fourth-order valence-corrected chi connectivity index (χ4v) is 1.83. The summed E-state index contributed by atoms with van der Waals surface area (Å²) in [6.45, 7) is 6.37. The molecule has 0 aliphatic rings. The zero-order valence-electron chi connectivity index (χ0n) is 11.3. The minimum atomic E-state index is 0.583. The van der Waals surface area contributed by atoms with Gasteiger partial charge in [0.1, 0.15) is 6.33 Å². The van der Waals surface area contributed by atoms with Crippen LogP contribution >= 0.6 is 0 Å². The first-order valence-electron chi connectivity index (χ1n) is 6.20. The highest BCUT2D eigenvalue weighted by molar-refractivity contribution is 5.01. The number of nitrogens with zero attached hydrogens (tertiary/aromatic N) is 3. The molecule has 0 aromatic carbocycles. The van der Waals surface area contributed by atoms with E-state index in [1.807, 2.05) is 12.4 Å². The molecule has 4 nitrogen and oxygen atoms in total. The molecule has 0 fully saturated rings. The van der Waals surface area contributed by atoms with E-state index in [2.05, 4.69) is 48.1 Å². The van der Waals surface area contributed by atoms with Gasteiger partial charge in [-0.05, 0) is 26.4 Å². The van der Waals surface area contributed by atoms with Gasteiger partial charge in [-0.3, -0.25) is 0 Å². The third-order valence-electron chi connectivity index (χ3n) is 2.80. The highest BCUT2D eigenvalue weighted by atomic mass is 15.1. The molecule has 1 rings (SSSR count). The molecule has 1 atom stereocenters. The molecule has 1 aromatic rings. The highest BCUT2D eigenvalue weighted by Crippen LogP contribution is 2.08. The van der Waals surface area contributed by atoms with Crippen molar-refractivity contribution in [1.29, 1.82) is 0 Å². The van der Waals surface area contributed by atoms with Crippen molar-refractivity contribution in [2.24, 2.45) is 5.92 Å². The number of hydrogen-bond donors (Lipinski definition) is 1. The van der Waals surface area contributed by atoms with Crippen LogP contribution in [-0.2, 0) is 6.54 Å². The minimum Gasteiger partial charge on any atom is -0.311 e. The van der Waals surface area contributed by atoms with Crippen LogP contribution in [0.3, 0.4) is 0 Å². The normalized spacial score (nSPS) is 13.3. The van der Waals surface area contributed by atoms with Crippen LogP contribution in [0.1, 0.15) is 25.8 Å². The quantitative estimate of drug-likeness (QED) is 0.780. The first-order chi connectivity index (χ1) is 8.09. The predicted octanol–water partition coefficient (Wildman–Crippen LogP) is 1.54. The molecule has 1 unspecified atom stereocenters. The second-order valence-corrected chi connectivity index (χ2v) is 5.12. The van der Waals surface area contributed by atoms with E-state index in [9.17, 15) is 0 Å². The summed E-state index contributed by atoms with van der Waals surface area (Å²) in [6.07, 6.45) is 6.48. The van der Waals surface area contributed by atoms with Crippen LogP contribution in [0.25, 0.3) is 0 Å². The molecule has 0 aliphatic heterocycles. The highest BCUT2D eigenvalue weighted by Gasteiger charge is 2.12. The maximum absolute atomic E-state index is 4.00. The molecule has 0 bridgehead atoms. The Kier molecular flexibility index (Phi) is 6.08. The zero-order valence-corrected chi connectivity index (χ0v) is 11.3. The number of rotatable bonds is 7. The van der Waals surface area contributed by atoms with Crippen molar-refractivity contribution in [3.8, 4) is 0 Å². The summed E-state index contributed by atoms with van der Waals surface area (Å²) in [5.74, 6) is 0.726. The second-order valence-electron chi connectivity index (χ2n) is 5.12. The molecule has 1 N–H and O–H groups in total. The summed E-state index contributed by atoms with van der Waals surface area (Å²) in [7, 11) is 4.28. The van der Waals surface area contributed by atoms with Gasteiger partial charge in [0.25, 0.3) is 0 Å².